The molecule has 1 N–H and O–H groups in total. The third-order valence-corrected chi connectivity index (χ3v) is 3.44. The van der Waals surface area contributed by atoms with E-state index in [0.717, 1.165) is 22.5 Å². The van der Waals surface area contributed by atoms with Gasteiger partial charge in [0.05, 0.1) is 5.69 Å². The van der Waals surface area contributed by atoms with Crippen LogP contribution in [-0.2, 0) is 0 Å². The summed E-state index contributed by atoms with van der Waals surface area (Å²) < 4.78 is 0.580. The summed E-state index contributed by atoms with van der Waals surface area (Å²) >= 11 is 5.35. The first-order chi connectivity index (χ1) is 9.75. The van der Waals surface area contributed by atoms with Crippen molar-refractivity contribution in [2.45, 2.75) is 6.92 Å². The number of nitrogens with one attached hydrogen (secondary N) is 1. The monoisotopic (exact) mass is 280 g/mol. The maximum absolute atomic E-state index is 5.35. The first-order valence-corrected chi connectivity index (χ1v) is 6.59. The summed E-state index contributed by atoms with van der Waals surface area (Å²) in [6.07, 6.45) is 3.18. The van der Waals surface area contributed by atoms with E-state index in [9.17, 15) is 0 Å². The van der Waals surface area contributed by atoms with Crippen LogP contribution in [0.1, 0.15) is 5.56 Å². The summed E-state index contributed by atoms with van der Waals surface area (Å²) in [6.45, 7) is 1.97. The van der Waals surface area contributed by atoms with Crippen molar-refractivity contribution in [3.05, 3.63) is 59.1 Å². The van der Waals surface area contributed by atoms with Crippen LogP contribution in [-0.4, -0.2) is 19.9 Å². The van der Waals surface area contributed by atoms with Gasteiger partial charge in [-0.1, -0.05) is 42.5 Å². The highest BCUT2D eigenvalue weighted by Gasteiger charge is 2.09. The highest BCUT2D eigenvalue weighted by Crippen LogP contribution is 2.23. The standard InChI is InChI=1S/C15H12N4S/c1-10-13(11-5-3-2-4-6-11)18-14(19-15(10)20)12-7-8-16-9-17-12/h2-9H,1H3,(H,18,19,20). The second kappa shape index (κ2) is 5.30. The fraction of sp³-hybridized carbons (Fsp3) is 0.0667. The molecule has 3 rings (SSSR count). The zero-order chi connectivity index (χ0) is 13.9. The topological polar surface area (TPSA) is 54.5 Å². The van der Waals surface area contributed by atoms with E-state index >= 15 is 0 Å². The molecule has 98 valence electrons. The van der Waals surface area contributed by atoms with Gasteiger partial charge in [-0.2, -0.15) is 0 Å². The zero-order valence-electron chi connectivity index (χ0n) is 10.9. The Kier molecular flexibility index (Phi) is 3.35. The maximum atomic E-state index is 5.35. The summed E-state index contributed by atoms with van der Waals surface area (Å²) in [5.74, 6) is 0.654. The van der Waals surface area contributed by atoms with Crippen molar-refractivity contribution in [1.29, 1.82) is 0 Å². The van der Waals surface area contributed by atoms with Crippen LogP contribution < -0.4 is 0 Å². The molecule has 2 heterocycles. The molecule has 4 nitrogen and oxygen atoms in total. The lowest BCUT2D eigenvalue weighted by Crippen LogP contribution is -1.98. The fourth-order valence-electron chi connectivity index (χ4n) is 1.98. The Bertz CT molecular complexity index is 782. The predicted molar refractivity (Wildman–Crippen MR) is 80.6 cm³/mol. The first kappa shape index (κ1) is 12.6. The van der Waals surface area contributed by atoms with E-state index in [1.54, 1.807) is 12.3 Å². The molecule has 0 saturated carbocycles. The zero-order valence-corrected chi connectivity index (χ0v) is 11.7. The molecular formula is C15H12N4S. The van der Waals surface area contributed by atoms with Gasteiger partial charge in [-0.05, 0) is 18.6 Å². The van der Waals surface area contributed by atoms with Gasteiger partial charge < -0.3 is 4.98 Å². The Labute approximate surface area is 121 Å². The number of hydrogen-bond donors (Lipinski definition) is 1. The smallest absolute Gasteiger partial charge is 0.158 e. The van der Waals surface area contributed by atoms with Crippen molar-refractivity contribution in [3.63, 3.8) is 0 Å². The van der Waals surface area contributed by atoms with Crippen molar-refractivity contribution in [1.82, 2.24) is 19.9 Å². The van der Waals surface area contributed by atoms with Crippen molar-refractivity contribution >= 4 is 12.2 Å². The van der Waals surface area contributed by atoms with Crippen LogP contribution >= 0.6 is 12.2 Å². The number of H-pyrrole nitrogens is 1. The average molecular weight is 280 g/mol. The predicted octanol–water partition coefficient (Wildman–Crippen LogP) is 3.57. The van der Waals surface area contributed by atoms with Crippen LogP contribution in [0.5, 0.6) is 0 Å². The van der Waals surface area contributed by atoms with Crippen molar-refractivity contribution in [2.75, 3.05) is 0 Å². The molecule has 2 aromatic heterocycles. The van der Waals surface area contributed by atoms with Gasteiger partial charge in [0, 0.05) is 11.8 Å². The molecule has 0 unspecified atom stereocenters. The third-order valence-electron chi connectivity index (χ3n) is 3.04. The van der Waals surface area contributed by atoms with E-state index in [1.807, 2.05) is 37.3 Å². The van der Waals surface area contributed by atoms with Gasteiger partial charge in [-0.15, -0.1) is 0 Å². The number of hydrogen-bond acceptors (Lipinski definition) is 4. The van der Waals surface area contributed by atoms with Crippen LogP contribution in [0.2, 0.25) is 0 Å². The molecule has 0 aliphatic carbocycles. The summed E-state index contributed by atoms with van der Waals surface area (Å²) in [5.41, 5.74) is 3.74. The largest absolute Gasteiger partial charge is 0.338 e. The normalized spacial score (nSPS) is 10.4. The molecule has 5 heteroatoms. The molecule has 1 aromatic carbocycles. The van der Waals surface area contributed by atoms with Crippen molar-refractivity contribution < 1.29 is 0 Å². The van der Waals surface area contributed by atoms with Gasteiger partial charge in [-0.25, -0.2) is 15.0 Å². The van der Waals surface area contributed by atoms with Gasteiger partial charge in [0.25, 0.3) is 0 Å². The van der Waals surface area contributed by atoms with Crippen LogP contribution in [0.3, 0.4) is 0 Å². The number of aromatic amines is 1. The Morgan fingerprint density at radius 3 is 2.60 bits per heavy atom. The molecule has 20 heavy (non-hydrogen) atoms. The molecule has 0 amide bonds. The lowest BCUT2D eigenvalue weighted by Gasteiger charge is -2.09. The molecule has 0 spiro atoms. The molecule has 3 aromatic rings. The van der Waals surface area contributed by atoms with Gasteiger partial charge >= 0.3 is 0 Å². The summed E-state index contributed by atoms with van der Waals surface area (Å²) in [4.78, 5) is 15.8. The highest BCUT2D eigenvalue weighted by atomic mass is 32.1. The third kappa shape index (κ3) is 2.35. The van der Waals surface area contributed by atoms with Crippen LogP contribution in [0.25, 0.3) is 22.8 Å². The van der Waals surface area contributed by atoms with E-state index in [1.165, 1.54) is 6.33 Å². The number of nitrogens with zero attached hydrogens (tertiary/aromatic N) is 3. The number of benzene rings is 1. The Balaban J connectivity index is 2.22. The van der Waals surface area contributed by atoms with Crippen molar-refractivity contribution in [3.8, 4) is 22.8 Å². The minimum Gasteiger partial charge on any atom is -0.338 e. The second-order valence-corrected chi connectivity index (χ2v) is 4.74. The Hall–Kier alpha value is -2.40. The first-order valence-electron chi connectivity index (χ1n) is 6.18. The van der Waals surface area contributed by atoms with E-state index in [-0.39, 0.29) is 0 Å². The maximum Gasteiger partial charge on any atom is 0.158 e. The summed E-state index contributed by atoms with van der Waals surface area (Å²) in [5, 5.41) is 0. The SMILES string of the molecule is Cc1c(-c2ccccc2)[nH]c(-c2ccncn2)nc1=S. The summed E-state index contributed by atoms with van der Waals surface area (Å²) in [7, 11) is 0. The van der Waals surface area contributed by atoms with Crippen LogP contribution in [0, 0.1) is 11.6 Å². The Morgan fingerprint density at radius 1 is 1.10 bits per heavy atom. The molecule has 0 saturated heterocycles. The Morgan fingerprint density at radius 2 is 1.90 bits per heavy atom. The van der Waals surface area contributed by atoms with E-state index in [0.29, 0.717) is 10.5 Å². The lowest BCUT2D eigenvalue weighted by atomic mass is 10.1. The van der Waals surface area contributed by atoms with Crippen LogP contribution in [0.4, 0.5) is 0 Å². The number of aromatic nitrogens is 4. The molecule has 0 bridgehead atoms. The molecular weight excluding hydrogens is 268 g/mol. The van der Waals surface area contributed by atoms with E-state index < -0.39 is 0 Å². The quantitative estimate of drug-likeness (QED) is 0.729. The minimum absolute atomic E-state index is 0.580. The molecule has 0 fully saturated rings. The molecule has 0 aliphatic heterocycles. The fourth-order valence-corrected chi connectivity index (χ4v) is 2.17. The minimum atomic E-state index is 0.580. The van der Waals surface area contributed by atoms with Gasteiger partial charge in [0.1, 0.15) is 16.7 Å². The molecule has 0 atom stereocenters. The summed E-state index contributed by atoms with van der Waals surface area (Å²) in [6, 6.07) is 11.9. The van der Waals surface area contributed by atoms with Crippen LogP contribution in [0.15, 0.2) is 48.9 Å². The van der Waals surface area contributed by atoms with E-state index in [4.69, 9.17) is 12.2 Å². The number of rotatable bonds is 2. The average Bonchev–Trinajstić information content (AvgIpc) is 2.51. The highest BCUT2D eigenvalue weighted by molar-refractivity contribution is 7.71. The second-order valence-electron chi connectivity index (χ2n) is 4.35. The van der Waals surface area contributed by atoms with E-state index in [2.05, 4.69) is 19.9 Å². The van der Waals surface area contributed by atoms with Gasteiger partial charge in [-0.3, -0.25) is 0 Å². The molecule has 0 aliphatic rings. The van der Waals surface area contributed by atoms with Gasteiger partial charge in [0.15, 0.2) is 5.82 Å². The van der Waals surface area contributed by atoms with Gasteiger partial charge in [0.2, 0.25) is 0 Å². The lowest BCUT2D eigenvalue weighted by molar-refractivity contribution is 1.08. The van der Waals surface area contributed by atoms with Crippen molar-refractivity contribution in [2.24, 2.45) is 0 Å². The molecule has 0 radical (unpaired) electrons.